The van der Waals surface area contributed by atoms with Crippen molar-refractivity contribution in [3.05, 3.63) is 36.2 Å². The van der Waals surface area contributed by atoms with E-state index < -0.39 is 22.1 Å². The lowest BCUT2D eigenvalue weighted by Gasteiger charge is -2.12. The highest BCUT2D eigenvalue weighted by atomic mass is 32.2. The maximum absolute atomic E-state index is 12.5. The zero-order chi connectivity index (χ0) is 17.3. The Hall–Kier alpha value is -2.47. The summed E-state index contributed by atoms with van der Waals surface area (Å²) >= 11 is 0. The number of rotatable bonds is 4. The van der Waals surface area contributed by atoms with Crippen molar-refractivity contribution in [2.75, 3.05) is 5.75 Å². The SMILES string of the molecule is C#Cc1ccc(OC(F)(F)F)c(-c2cnn(S(=O)(=O)CC)c2)c1. The van der Waals surface area contributed by atoms with Gasteiger partial charge in [0.1, 0.15) is 5.75 Å². The van der Waals surface area contributed by atoms with Crippen LogP contribution in [0.3, 0.4) is 0 Å². The van der Waals surface area contributed by atoms with E-state index in [9.17, 15) is 21.6 Å². The van der Waals surface area contributed by atoms with Gasteiger partial charge < -0.3 is 4.74 Å². The van der Waals surface area contributed by atoms with Crippen LogP contribution in [-0.2, 0) is 10.0 Å². The number of ether oxygens (including phenoxy) is 1. The molecule has 0 aliphatic rings. The van der Waals surface area contributed by atoms with Crippen LogP contribution in [0.5, 0.6) is 5.75 Å². The minimum atomic E-state index is -4.89. The van der Waals surface area contributed by atoms with E-state index >= 15 is 0 Å². The summed E-state index contributed by atoms with van der Waals surface area (Å²) in [6, 6.07) is 3.66. The van der Waals surface area contributed by atoms with E-state index in [-0.39, 0.29) is 16.9 Å². The number of benzene rings is 1. The smallest absolute Gasteiger partial charge is 0.405 e. The summed E-state index contributed by atoms with van der Waals surface area (Å²) < 4.78 is 65.6. The van der Waals surface area contributed by atoms with Crippen molar-refractivity contribution in [2.24, 2.45) is 0 Å². The molecule has 0 saturated carbocycles. The third-order valence-corrected chi connectivity index (χ3v) is 4.39. The summed E-state index contributed by atoms with van der Waals surface area (Å²) in [5.41, 5.74) is 0.453. The van der Waals surface area contributed by atoms with Crippen molar-refractivity contribution in [3.63, 3.8) is 0 Å². The molecule has 0 amide bonds. The van der Waals surface area contributed by atoms with Crippen molar-refractivity contribution in [2.45, 2.75) is 13.3 Å². The van der Waals surface area contributed by atoms with Crippen LogP contribution in [0.25, 0.3) is 11.1 Å². The fourth-order valence-electron chi connectivity index (χ4n) is 1.79. The lowest BCUT2D eigenvalue weighted by molar-refractivity contribution is -0.274. The monoisotopic (exact) mass is 344 g/mol. The van der Waals surface area contributed by atoms with Crippen LogP contribution in [0.15, 0.2) is 30.6 Å². The molecule has 9 heteroatoms. The maximum Gasteiger partial charge on any atom is 0.573 e. The standard InChI is InChI=1S/C14H11F3N2O3S/c1-3-10-5-6-13(22-14(15,16)17)12(7-10)11-8-18-19(9-11)23(20,21)4-2/h1,5-9H,4H2,2H3. The number of aromatic nitrogens is 2. The summed E-state index contributed by atoms with van der Waals surface area (Å²) in [6.45, 7) is 1.42. The molecule has 1 aromatic heterocycles. The predicted octanol–water partition coefficient (Wildman–Crippen LogP) is 2.63. The minimum Gasteiger partial charge on any atom is -0.405 e. The first-order valence-electron chi connectivity index (χ1n) is 6.31. The topological polar surface area (TPSA) is 61.2 Å². The lowest BCUT2D eigenvalue weighted by atomic mass is 10.1. The van der Waals surface area contributed by atoms with Crippen molar-refractivity contribution in [3.8, 4) is 29.2 Å². The van der Waals surface area contributed by atoms with Gasteiger partial charge in [-0.2, -0.15) is 9.19 Å². The summed E-state index contributed by atoms with van der Waals surface area (Å²) in [4.78, 5) is 0. The quantitative estimate of drug-likeness (QED) is 0.800. The molecule has 0 radical (unpaired) electrons. The van der Waals surface area contributed by atoms with Gasteiger partial charge in [-0.3, -0.25) is 0 Å². The van der Waals surface area contributed by atoms with Gasteiger partial charge in [-0.1, -0.05) is 5.92 Å². The molecule has 0 fully saturated rings. The van der Waals surface area contributed by atoms with Gasteiger partial charge in [-0.15, -0.1) is 19.6 Å². The second kappa shape index (κ2) is 5.96. The largest absolute Gasteiger partial charge is 0.573 e. The van der Waals surface area contributed by atoms with Gasteiger partial charge in [0.05, 0.1) is 18.1 Å². The molecule has 0 bridgehead atoms. The molecular formula is C14H11F3N2O3S. The number of terminal acetylenes is 1. The van der Waals surface area contributed by atoms with Crippen LogP contribution in [0.1, 0.15) is 12.5 Å². The number of hydrogen-bond acceptors (Lipinski definition) is 4. The highest BCUT2D eigenvalue weighted by molar-refractivity contribution is 7.89. The third kappa shape index (κ3) is 3.84. The van der Waals surface area contributed by atoms with Gasteiger partial charge in [0.15, 0.2) is 0 Å². The first-order valence-corrected chi connectivity index (χ1v) is 7.92. The Morgan fingerprint density at radius 1 is 1.39 bits per heavy atom. The molecule has 5 nitrogen and oxygen atoms in total. The van der Waals surface area contributed by atoms with Gasteiger partial charge >= 0.3 is 6.36 Å². The summed E-state index contributed by atoms with van der Waals surface area (Å²) in [7, 11) is -3.65. The van der Waals surface area contributed by atoms with Crippen molar-refractivity contribution in [1.29, 1.82) is 0 Å². The summed E-state index contributed by atoms with van der Waals surface area (Å²) in [6.07, 6.45) is 2.59. The number of alkyl halides is 3. The number of hydrogen-bond donors (Lipinski definition) is 0. The van der Waals surface area contributed by atoms with Crippen LogP contribution in [0, 0.1) is 12.3 Å². The first-order chi connectivity index (χ1) is 10.7. The van der Waals surface area contributed by atoms with Gasteiger partial charge in [0, 0.05) is 16.7 Å². The highest BCUT2D eigenvalue weighted by Gasteiger charge is 2.32. The van der Waals surface area contributed by atoms with E-state index in [4.69, 9.17) is 6.42 Å². The van der Waals surface area contributed by atoms with Crippen molar-refractivity contribution in [1.82, 2.24) is 9.19 Å². The fraction of sp³-hybridized carbons (Fsp3) is 0.214. The number of halogens is 3. The Kier molecular flexibility index (Phi) is 4.38. The fourth-order valence-corrected chi connectivity index (χ4v) is 2.52. The van der Waals surface area contributed by atoms with E-state index in [1.807, 2.05) is 0 Å². The Balaban J connectivity index is 2.55. The second-order valence-electron chi connectivity index (χ2n) is 4.41. The third-order valence-electron chi connectivity index (χ3n) is 2.89. The van der Waals surface area contributed by atoms with E-state index in [0.717, 1.165) is 18.5 Å². The molecule has 0 N–H and O–H groups in total. The predicted molar refractivity (Wildman–Crippen MR) is 77.1 cm³/mol. The van der Waals surface area contributed by atoms with Gasteiger partial charge in [-0.25, -0.2) is 8.42 Å². The summed E-state index contributed by atoms with van der Waals surface area (Å²) in [5.74, 6) is 1.59. The Morgan fingerprint density at radius 3 is 2.65 bits per heavy atom. The molecule has 1 aromatic carbocycles. The normalized spacial score (nSPS) is 12.0. The zero-order valence-corrected chi connectivity index (χ0v) is 12.6. The molecule has 2 aromatic rings. The molecule has 122 valence electrons. The molecule has 1 heterocycles. The van der Waals surface area contributed by atoms with Crippen molar-refractivity contribution < 1.29 is 26.3 Å². The molecule has 0 unspecified atom stereocenters. The van der Waals surface area contributed by atoms with Crippen LogP contribution in [-0.4, -0.2) is 29.7 Å². The maximum atomic E-state index is 12.5. The molecule has 23 heavy (non-hydrogen) atoms. The zero-order valence-electron chi connectivity index (χ0n) is 11.8. The van der Waals surface area contributed by atoms with E-state index in [1.54, 1.807) is 0 Å². The summed E-state index contributed by atoms with van der Waals surface area (Å²) in [5, 5.41) is 3.67. The van der Waals surface area contributed by atoms with Gasteiger partial charge in [-0.05, 0) is 25.1 Å². The van der Waals surface area contributed by atoms with Gasteiger partial charge in [0.25, 0.3) is 10.0 Å². The second-order valence-corrected chi connectivity index (χ2v) is 6.52. The molecule has 0 saturated heterocycles. The van der Waals surface area contributed by atoms with E-state index in [0.29, 0.717) is 9.65 Å². The van der Waals surface area contributed by atoms with Crippen LogP contribution in [0.2, 0.25) is 0 Å². The molecule has 0 aliphatic heterocycles. The molecule has 0 atom stereocenters. The van der Waals surface area contributed by atoms with E-state index in [2.05, 4.69) is 15.8 Å². The van der Waals surface area contributed by atoms with E-state index in [1.165, 1.54) is 19.1 Å². The Morgan fingerprint density at radius 2 is 2.09 bits per heavy atom. The first kappa shape index (κ1) is 16.9. The molecule has 0 aliphatic carbocycles. The van der Waals surface area contributed by atoms with Gasteiger partial charge in [0.2, 0.25) is 0 Å². The number of nitrogens with zero attached hydrogens (tertiary/aromatic N) is 2. The molecule has 2 rings (SSSR count). The molecular weight excluding hydrogens is 333 g/mol. The minimum absolute atomic E-state index is 0.00433. The molecule has 0 spiro atoms. The highest BCUT2D eigenvalue weighted by Crippen LogP contribution is 2.34. The average Bonchev–Trinajstić information content (AvgIpc) is 2.96. The van der Waals surface area contributed by atoms with Crippen LogP contribution in [0.4, 0.5) is 13.2 Å². The Bertz CT molecular complexity index is 864. The van der Waals surface area contributed by atoms with Crippen LogP contribution >= 0.6 is 0 Å². The average molecular weight is 344 g/mol. The Labute approximate surface area is 130 Å². The lowest BCUT2D eigenvalue weighted by Crippen LogP contribution is -2.17. The van der Waals surface area contributed by atoms with Crippen LogP contribution < -0.4 is 4.74 Å². The van der Waals surface area contributed by atoms with Crippen molar-refractivity contribution >= 4 is 10.0 Å².